The number of nitrogens with one attached hydrogen (secondary N) is 1. The summed E-state index contributed by atoms with van der Waals surface area (Å²) in [6, 6.07) is 13.1. The first-order valence-electron chi connectivity index (χ1n) is 5.85. The van der Waals surface area contributed by atoms with Crippen LogP contribution in [0.25, 0.3) is 0 Å². The van der Waals surface area contributed by atoms with Gasteiger partial charge in [0.15, 0.2) is 0 Å². The Morgan fingerprint density at radius 3 is 2.50 bits per heavy atom. The maximum absolute atomic E-state index is 13.7. The Kier molecular flexibility index (Phi) is 4.02. The van der Waals surface area contributed by atoms with E-state index in [9.17, 15) is 4.39 Å². The Balaban J connectivity index is 2.27. The molecule has 1 atom stereocenters. The first kappa shape index (κ1) is 13.1. The van der Waals surface area contributed by atoms with Gasteiger partial charge in [-0.2, -0.15) is 0 Å². The zero-order valence-electron chi connectivity index (χ0n) is 10.4. The standard InChI is InChI=1S/C15H15BrFN/c1-10-6-3-4-7-12(10)11(2)18-15-13(16)8-5-9-14(15)17/h3-9,11,18H,1-2H3. The monoisotopic (exact) mass is 307 g/mol. The van der Waals surface area contributed by atoms with Crippen LogP contribution in [0.4, 0.5) is 10.1 Å². The predicted octanol–water partition coefficient (Wildman–Crippen LogP) is 5.07. The molecule has 2 aromatic rings. The van der Waals surface area contributed by atoms with Gasteiger partial charge in [0, 0.05) is 10.5 Å². The van der Waals surface area contributed by atoms with E-state index in [4.69, 9.17) is 0 Å². The smallest absolute Gasteiger partial charge is 0.147 e. The van der Waals surface area contributed by atoms with Crippen LogP contribution < -0.4 is 5.32 Å². The minimum atomic E-state index is -0.246. The number of para-hydroxylation sites is 1. The summed E-state index contributed by atoms with van der Waals surface area (Å²) in [6.07, 6.45) is 0. The Morgan fingerprint density at radius 2 is 1.83 bits per heavy atom. The highest BCUT2D eigenvalue weighted by Crippen LogP contribution is 2.29. The van der Waals surface area contributed by atoms with Gasteiger partial charge in [-0.1, -0.05) is 30.3 Å². The third-order valence-corrected chi connectivity index (χ3v) is 3.64. The molecule has 0 aromatic heterocycles. The fraction of sp³-hybridized carbons (Fsp3) is 0.200. The number of anilines is 1. The van der Waals surface area contributed by atoms with E-state index in [2.05, 4.69) is 40.3 Å². The minimum absolute atomic E-state index is 0.0550. The van der Waals surface area contributed by atoms with Crippen LogP contribution in [-0.2, 0) is 0 Å². The number of hydrogen-bond donors (Lipinski definition) is 1. The third kappa shape index (κ3) is 2.72. The van der Waals surface area contributed by atoms with Crippen molar-refractivity contribution in [1.29, 1.82) is 0 Å². The molecular formula is C15H15BrFN. The lowest BCUT2D eigenvalue weighted by Crippen LogP contribution is -2.09. The molecule has 0 saturated carbocycles. The van der Waals surface area contributed by atoms with Gasteiger partial charge in [-0.3, -0.25) is 0 Å². The van der Waals surface area contributed by atoms with E-state index in [1.54, 1.807) is 6.07 Å². The fourth-order valence-electron chi connectivity index (χ4n) is 2.00. The minimum Gasteiger partial charge on any atom is -0.375 e. The first-order valence-corrected chi connectivity index (χ1v) is 6.65. The van der Waals surface area contributed by atoms with E-state index in [-0.39, 0.29) is 11.9 Å². The molecule has 0 heterocycles. The average molecular weight is 308 g/mol. The topological polar surface area (TPSA) is 12.0 Å². The van der Waals surface area contributed by atoms with Crippen molar-refractivity contribution >= 4 is 21.6 Å². The van der Waals surface area contributed by atoms with Gasteiger partial charge in [-0.15, -0.1) is 0 Å². The van der Waals surface area contributed by atoms with Crippen molar-refractivity contribution in [3.05, 3.63) is 63.9 Å². The number of aryl methyl sites for hydroxylation is 1. The van der Waals surface area contributed by atoms with Crippen LogP contribution >= 0.6 is 15.9 Å². The summed E-state index contributed by atoms with van der Waals surface area (Å²) in [7, 11) is 0. The molecule has 0 aliphatic carbocycles. The molecule has 1 N–H and O–H groups in total. The lowest BCUT2D eigenvalue weighted by Gasteiger charge is -2.19. The van der Waals surface area contributed by atoms with Crippen LogP contribution in [0.5, 0.6) is 0 Å². The number of rotatable bonds is 3. The molecule has 0 saturated heterocycles. The first-order chi connectivity index (χ1) is 8.59. The third-order valence-electron chi connectivity index (χ3n) is 2.98. The van der Waals surface area contributed by atoms with Crippen LogP contribution in [-0.4, -0.2) is 0 Å². The molecule has 0 aliphatic heterocycles. The van der Waals surface area contributed by atoms with Gasteiger partial charge in [0.25, 0.3) is 0 Å². The van der Waals surface area contributed by atoms with Crippen LogP contribution in [0.15, 0.2) is 46.9 Å². The second kappa shape index (κ2) is 5.53. The van der Waals surface area contributed by atoms with Gasteiger partial charge in [0.2, 0.25) is 0 Å². The van der Waals surface area contributed by atoms with Crippen molar-refractivity contribution in [2.45, 2.75) is 19.9 Å². The summed E-state index contributed by atoms with van der Waals surface area (Å²) in [6.45, 7) is 4.09. The molecule has 0 bridgehead atoms. The van der Waals surface area contributed by atoms with E-state index >= 15 is 0 Å². The SMILES string of the molecule is Cc1ccccc1C(C)Nc1c(F)cccc1Br. The molecule has 94 valence electrons. The summed E-state index contributed by atoms with van der Waals surface area (Å²) < 4.78 is 14.5. The molecular weight excluding hydrogens is 293 g/mol. The maximum Gasteiger partial charge on any atom is 0.147 e. The largest absolute Gasteiger partial charge is 0.375 e. The van der Waals surface area contributed by atoms with Gasteiger partial charge >= 0.3 is 0 Å². The summed E-state index contributed by atoms with van der Waals surface area (Å²) in [5.74, 6) is -0.246. The maximum atomic E-state index is 13.7. The highest BCUT2D eigenvalue weighted by Gasteiger charge is 2.12. The van der Waals surface area contributed by atoms with Crippen molar-refractivity contribution in [2.75, 3.05) is 5.32 Å². The average Bonchev–Trinajstić information content (AvgIpc) is 2.34. The lowest BCUT2D eigenvalue weighted by atomic mass is 10.0. The van der Waals surface area contributed by atoms with Gasteiger partial charge < -0.3 is 5.32 Å². The van der Waals surface area contributed by atoms with Crippen LogP contribution in [0.1, 0.15) is 24.1 Å². The molecule has 3 heteroatoms. The Bertz CT molecular complexity index is 534. The van der Waals surface area contributed by atoms with E-state index in [1.165, 1.54) is 17.2 Å². The summed E-state index contributed by atoms with van der Waals surface area (Å²) in [5.41, 5.74) is 2.88. The Labute approximate surface area is 115 Å². The highest BCUT2D eigenvalue weighted by atomic mass is 79.9. The molecule has 0 fully saturated rings. The molecule has 18 heavy (non-hydrogen) atoms. The van der Waals surface area contributed by atoms with Gasteiger partial charge in [0.05, 0.1) is 5.69 Å². The van der Waals surface area contributed by atoms with Gasteiger partial charge in [-0.05, 0) is 53.0 Å². The van der Waals surface area contributed by atoms with Crippen LogP contribution in [0.2, 0.25) is 0 Å². The van der Waals surface area contributed by atoms with E-state index in [1.807, 2.05) is 25.1 Å². The summed E-state index contributed by atoms with van der Waals surface area (Å²) in [5, 5.41) is 3.21. The number of halogens is 2. The van der Waals surface area contributed by atoms with Crippen molar-refractivity contribution in [2.24, 2.45) is 0 Å². The molecule has 0 spiro atoms. The molecule has 0 amide bonds. The fourth-order valence-corrected chi connectivity index (χ4v) is 2.46. The highest BCUT2D eigenvalue weighted by molar-refractivity contribution is 9.10. The Hall–Kier alpha value is -1.35. The molecule has 1 nitrogen and oxygen atoms in total. The van der Waals surface area contributed by atoms with Crippen molar-refractivity contribution in [3.63, 3.8) is 0 Å². The predicted molar refractivity (Wildman–Crippen MR) is 77.3 cm³/mol. The van der Waals surface area contributed by atoms with E-state index in [0.29, 0.717) is 5.69 Å². The Morgan fingerprint density at radius 1 is 1.11 bits per heavy atom. The van der Waals surface area contributed by atoms with Crippen molar-refractivity contribution in [3.8, 4) is 0 Å². The van der Waals surface area contributed by atoms with Gasteiger partial charge in [0.1, 0.15) is 5.82 Å². The summed E-state index contributed by atoms with van der Waals surface area (Å²) >= 11 is 3.36. The van der Waals surface area contributed by atoms with Crippen LogP contribution in [0.3, 0.4) is 0 Å². The van der Waals surface area contributed by atoms with Crippen molar-refractivity contribution in [1.82, 2.24) is 0 Å². The van der Waals surface area contributed by atoms with E-state index < -0.39 is 0 Å². The number of benzene rings is 2. The zero-order chi connectivity index (χ0) is 13.1. The molecule has 1 unspecified atom stereocenters. The van der Waals surface area contributed by atoms with Crippen molar-refractivity contribution < 1.29 is 4.39 Å². The molecule has 0 aliphatic rings. The quantitative estimate of drug-likeness (QED) is 0.834. The molecule has 2 rings (SSSR count). The zero-order valence-corrected chi connectivity index (χ0v) is 12.0. The summed E-state index contributed by atoms with van der Waals surface area (Å²) in [4.78, 5) is 0. The second-order valence-electron chi connectivity index (χ2n) is 4.32. The second-order valence-corrected chi connectivity index (χ2v) is 5.17. The molecule has 2 aromatic carbocycles. The number of hydrogen-bond acceptors (Lipinski definition) is 1. The van der Waals surface area contributed by atoms with Crippen LogP contribution in [0, 0.1) is 12.7 Å². The van der Waals surface area contributed by atoms with E-state index in [0.717, 1.165) is 4.47 Å². The molecule has 0 radical (unpaired) electrons. The lowest BCUT2D eigenvalue weighted by molar-refractivity contribution is 0.626. The van der Waals surface area contributed by atoms with Gasteiger partial charge in [-0.25, -0.2) is 4.39 Å². The normalized spacial score (nSPS) is 12.2.